The number of rotatable bonds is 5. The standard InChI is InChI=1S/3C14H14.C12H12.C10H14O2.C8H10/c1-11-3-7-13(8-4-11)14-9-5-12(2)6-10-14;1-11-6-8-13(9-7-11)14-5-3-4-12(2)10-14;1-11-7-9-13(10-8-11)14-6-4-3-5-12(14)2;1-9-3-5-12-8-10(2)4-6-11(12)7-9;1-7-5-10(12-3)8(2)4-9(7)6-11;1-7-3-5-8(2)6-4-7/h3*3-10H,1-2H3;3-8H,1-2H3;4-5,11H,6H2,1-3H3;3-6H,1-2H3. The molecule has 1 N–H and O–H groups in total. The Morgan fingerprint density at radius 2 is 0.649 bits per heavy atom. The lowest BCUT2D eigenvalue weighted by molar-refractivity contribution is 0.280. The van der Waals surface area contributed by atoms with E-state index in [4.69, 9.17) is 9.84 Å². The molecular weight excluding hydrogens is 897 g/mol. The van der Waals surface area contributed by atoms with Crippen LogP contribution in [0.2, 0.25) is 0 Å². The van der Waals surface area contributed by atoms with Gasteiger partial charge in [0.2, 0.25) is 0 Å². The van der Waals surface area contributed by atoms with Crippen molar-refractivity contribution in [2.75, 3.05) is 7.11 Å². The van der Waals surface area contributed by atoms with Crippen molar-refractivity contribution in [1.82, 2.24) is 0 Å². The van der Waals surface area contributed by atoms with E-state index in [2.05, 4.69) is 275 Å². The molecule has 2 nitrogen and oxygen atoms in total. The van der Waals surface area contributed by atoms with Gasteiger partial charge in [-0.15, -0.1) is 0 Å². The number of hydrogen-bond donors (Lipinski definition) is 1. The second-order valence-electron chi connectivity index (χ2n) is 19.6. The molecule has 378 valence electrons. The Bertz CT molecular complexity index is 3120. The highest BCUT2D eigenvalue weighted by atomic mass is 16.5. The number of hydrogen-bond acceptors (Lipinski definition) is 2. The molecule has 0 spiro atoms. The highest BCUT2D eigenvalue weighted by Crippen LogP contribution is 2.25. The van der Waals surface area contributed by atoms with Gasteiger partial charge in [0.1, 0.15) is 5.75 Å². The summed E-state index contributed by atoms with van der Waals surface area (Å²) in [4.78, 5) is 0. The zero-order valence-electron chi connectivity index (χ0n) is 46.3. The van der Waals surface area contributed by atoms with Gasteiger partial charge < -0.3 is 9.84 Å². The van der Waals surface area contributed by atoms with Gasteiger partial charge in [-0.1, -0.05) is 256 Å². The smallest absolute Gasteiger partial charge is 0.122 e. The third kappa shape index (κ3) is 18.7. The summed E-state index contributed by atoms with van der Waals surface area (Å²) in [5.41, 5.74) is 24.1. The van der Waals surface area contributed by atoms with Crippen LogP contribution < -0.4 is 4.74 Å². The molecule has 0 atom stereocenters. The molecule has 0 aromatic heterocycles. The van der Waals surface area contributed by atoms with Crippen molar-refractivity contribution in [3.63, 3.8) is 0 Å². The molecule has 10 aromatic rings. The van der Waals surface area contributed by atoms with Crippen molar-refractivity contribution in [2.24, 2.45) is 0 Å². The molecular formula is C72H78O2. The third-order valence-corrected chi connectivity index (χ3v) is 12.7. The van der Waals surface area contributed by atoms with Crippen molar-refractivity contribution in [3.8, 4) is 39.1 Å². The van der Waals surface area contributed by atoms with E-state index < -0.39 is 0 Å². The molecule has 74 heavy (non-hydrogen) atoms. The van der Waals surface area contributed by atoms with Gasteiger partial charge in [0.05, 0.1) is 13.7 Å². The number of aryl methyl sites for hydroxylation is 12. The van der Waals surface area contributed by atoms with E-state index >= 15 is 0 Å². The highest BCUT2D eigenvalue weighted by molar-refractivity contribution is 5.83. The summed E-state index contributed by atoms with van der Waals surface area (Å²) in [7, 11) is 1.65. The Morgan fingerprint density at radius 1 is 0.284 bits per heavy atom. The normalized spacial score (nSPS) is 10.1. The molecule has 0 fully saturated rings. The molecule has 0 aliphatic carbocycles. The lowest BCUT2D eigenvalue weighted by atomic mass is 10.00. The molecule has 0 unspecified atom stereocenters. The number of benzene rings is 10. The van der Waals surface area contributed by atoms with Crippen molar-refractivity contribution >= 4 is 10.8 Å². The minimum absolute atomic E-state index is 0.0939. The fourth-order valence-corrected chi connectivity index (χ4v) is 8.05. The van der Waals surface area contributed by atoms with Crippen LogP contribution in [0.25, 0.3) is 44.2 Å². The predicted molar refractivity (Wildman–Crippen MR) is 322 cm³/mol. The van der Waals surface area contributed by atoms with E-state index in [0.717, 1.165) is 22.4 Å². The summed E-state index contributed by atoms with van der Waals surface area (Å²) in [6, 6.07) is 77.1. The Balaban J connectivity index is 0.000000166. The van der Waals surface area contributed by atoms with E-state index in [-0.39, 0.29) is 6.61 Å². The molecule has 0 radical (unpaired) electrons. The molecule has 10 aromatic carbocycles. The second kappa shape index (κ2) is 29.1. The first-order chi connectivity index (χ1) is 35.5. The van der Waals surface area contributed by atoms with Crippen LogP contribution in [-0.2, 0) is 6.61 Å². The average Bonchev–Trinajstić information content (AvgIpc) is 3.40. The first kappa shape index (κ1) is 57.1. The molecule has 10 rings (SSSR count). The Hall–Kier alpha value is -7.78. The minimum Gasteiger partial charge on any atom is -0.496 e. The molecule has 0 aliphatic rings. The van der Waals surface area contributed by atoms with Gasteiger partial charge in [-0.2, -0.15) is 0 Å². The summed E-state index contributed by atoms with van der Waals surface area (Å²) < 4.78 is 5.14. The summed E-state index contributed by atoms with van der Waals surface area (Å²) in [5, 5.41) is 11.6. The fourth-order valence-electron chi connectivity index (χ4n) is 8.05. The van der Waals surface area contributed by atoms with Crippen LogP contribution in [0, 0.1) is 83.1 Å². The molecule has 2 heteroatoms. The predicted octanol–water partition coefficient (Wildman–Crippen LogP) is 19.5. The molecule has 0 saturated carbocycles. The highest BCUT2D eigenvalue weighted by Gasteiger charge is 2.04. The maximum atomic E-state index is 8.97. The second-order valence-corrected chi connectivity index (χ2v) is 19.6. The van der Waals surface area contributed by atoms with E-state index in [1.807, 2.05) is 26.0 Å². The van der Waals surface area contributed by atoms with Crippen LogP contribution >= 0.6 is 0 Å². The van der Waals surface area contributed by atoms with E-state index in [1.165, 1.54) is 99.8 Å². The quantitative estimate of drug-likeness (QED) is 0.186. The fraction of sp³-hybridized carbons (Fsp3) is 0.194. The largest absolute Gasteiger partial charge is 0.496 e. The van der Waals surface area contributed by atoms with Crippen LogP contribution in [0.15, 0.2) is 218 Å². The average molecular weight is 975 g/mol. The van der Waals surface area contributed by atoms with Gasteiger partial charge in [0, 0.05) is 0 Å². The number of aliphatic hydroxyl groups excluding tert-OH is 1. The Kier molecular flexibility index (Phi) is 22.4. The summed E-state index contributed by atoms with van der Waals surface area (Å²) >= 11 is 0. The van der Waals surface area contributed by atoms with Crippen LogP contribution in [0.4, 0.5) is 0 Å². The Labute approximate surface area is 445 Å². The van der Waals surface area contributed by atoms with Crippen LogP contribution in [0.3, 0.4) is 0 Å². The molecule has 0 bridgehead atoms. The third-order valence-electron chi connectivity index (χ3n) is 12.7. The summed E-state index contributed by atoms with van der Waals surface area (Å²) in [5.74, 6) is 0.879. The zero-order valence-corrected chi connectivity index (χ0v) is 46.3. The van der Waals surface area contributed by atoms with E-state index in [1.54, 1.807) is 7.11 Å². The van der Waals surface area contributed by atoms with Gasteiger partial charge in [0.25, 0.3) is 0 Å². The minimum atomic E-state index is 0.0939. The van der Waals surface area contributed by atoms with Crippen molar-refractivity contribution in [1.29, 1.82) is 0 Å². The van der Waals surface area contributed by atoms with Crippen molar-refractivity contribution in [2.45, 2.75) is 89.7 Å². The Morgan fingerprint density at radius 3 is 1.04 bits per heavy atom. The lowest BCUT2D eigenvalue weighted by Crippen LogP contribution is -1.93. The first-order valence-corrected chi connectivity index (χ1v) is 25.7. The lowest BCUT2D eigenvalue weighted by Gasteiger charge is -2.08. The summed E-state index contributed by atoms with van der Waals surface area (Å²) in [6.45, 7) is 25.2. The van der Waals surface area contributed by atoms with E-state index in [9.17, 15) is 0 Å². The number of methoxy groups -OCH3 is 1. The summed E-state index contributed by atoms with van der Waals surface area (Å²) in [6.07, 6.45) is 0. The van der Waals surface area contributed by atoms with E-state index in [0.29, 0.717) is 0 Å². The van der Waals surface area contributed by atoms with Crippen LogP contribution in [0.1, 0.15) is 72.3 Å². The van der Waals surface area contributed by atoms with Crippen LogP contribution in [0.5, 0.6) is 5.75 Å². The number of ether oxygens (including phenoxy) is 1. The van der Waals surface area contributed by atoms with Gasteiger partial charge in [0.15, 0.2) is 0 Å². The molecule has 0 saturated heterocycles. The maximum absolute atomic E-state index is 8.97. The van der Waals surface area contributed by atoms with Crippen molar-refractivity contribution in [3.05, 3.63) is 291 Å². The topological polar surface area (TPSA) is 29.5 Å². The van der Waals surface area contributed by atoms with Gasteiger partial charge >= 0.3 is 0 Å². The SMILES string of the molecule is COc1cc(C)c(CO)cc1C.Cc1ccc(-c2ccc(C)cc2)cc1.Cc1ccc(-c2cccc(C)c2)cc1.Cc1ccc(-c2ccccc2C)cc1.Cc1ccc(C)cc1.Cc1ccc2cc(C)ccc2c1. The first-order valence-electron chi connectivity index (χ1n) is 25.7. The van der Waals surface area contributed by atoms with Gasteiger partial charge in [-0.3, -0.25) is 0 Å². The maximum Gasteiger partial charge on any atom is 0.122 e. The van der Waals surface area contributed by atoms with Crippen molar-refractivity contribution < 1.29 is 9.84 Å². The van der Waals surface area contributed by atoms with Gasteiger partial charge in [-0.05, 0) is 162 Å². The zero-order chi connectivity index (χ0) is 53.6. The van der Waals surface area contributed by atoms with Gasteiger partial charge in [-0.25, -0.2) is 0 Å². The monoisotopic (exact) mass is 975 g/mol. The molecule has 0 amide bonds. The molecule has 0 aliphatic heterocycles. The molecule has 0 heterocycles. The number of fused-ring (bicyclic) bond motifs is 1. The number of aliphatic hydroxyl groups is 1. The van der Waals surface area contributed by atoms with Crippen LogP contribution in [-0.4, -0.2) is 12.2 Å².